The summed E-state index contributed by atoms with van der Waals surface area (Å²) in [5.74, 6) is 1.13. The molecule has 4 nitrogen and oxygen atoms in total. The monoisotopic (exact) mass is 291 g/mol. The van der Waals surface area contributed by atoms with Crippen LogP contribution in [-0.4, -0.2) is 26.5 Å². The molecule has 0 saturated carbocycles. The molecule has 0 aliphatic rings. The van der Waals surface area contributed by atoms with Crippen LogP contribution < -0.4 is 0 Å². The molecule has 1 aromatic carbocycles. The molecule has 1 heterocycles. The van der Waals surface area contributed by atoms with E-state index in [9.17, 15) is 9.50 Å². The molecule has 1 unspecified atom stereocenters. The second-order valence-electron chi connectivity index (χ2n) is 5.84. The molecule has 0 saturated heterocycles. The molecule has 1 aromatic heterocycles. The minimum Gasteiger partial charge on any atom is -0.396 e. The minimum absolute atomic E-state index is 0.0157. The van der Waals surface area contributed by atoms with Gasteiger partial charge in [-0.05, 0) is 36.0 Å². The fourth-order valence-corrected chi connectivity index (χ4v) is 2.40. The van der Waals surface area contributed by atoms with E-state index in [0.29, 0.717) is 18.8 Å². The van der Waals surface area contributed by atoms with E-state index in [1.807, 2.05) is 10.7 Å². The van der Waals surface area contributed by atoms with E-state index >= 15 is 0 Å². The van der Waals surface area contributed by atoms with Gasteiger partial charge < -0.3 is 5.11 Å². The van der Waals surface area contributed by atoms with Crippen molar-refractivity contribution in [3.63, 3.8) is 0 Å². The number of rotatable bonds is 7. The first kappa shape index (κ1) is 15.6. The molecule has 0 bridgehead atoms. The second kappa shape index (κ2) is 7.31. The average molecular weight is 291 g/mol. The third kappa shape index (κ3) is 4.63. The van der Waals surface area contributed by atoms with Crippen molar-refractivity contribution in [1.29, 1.82) is 0 Å². The number of hydrogen-bond donors (Lipinski definition) is 1. The smallest absolute Gasteiger partial charge is 0.138 e. The normalized spacial score (nSPS) is 12.8. The molecule has 0 aliphatic carbocycles. The van der Waals surface area contributed by atoms with Crippen LogP contribution in [0.25, 0.3) is 0 Å². The highest BCUT2D eigenvalue weighted by atomic mass is 19.1. The van der Waals surface area contributed by atoms with Crippen molar-refractivity contribution in [2.24, 2.45) is 11.8 Å². The molecule has 0 spiro atoms. The molecule has 1 atom stereocenters. The Labute approximate surface area is 124 Å². The lowest BCUT2D eigenvalue weighted by atomic mass is 9.96. The van der Waals surface area contributed by atoms with Gasteiger partial charge in [0, 0.05) is 19.6 Å². The second-order valence-corrected chi connectivity index (χ2v) is 5.84. The number of nitrogens with zero attached hydrogens (tertiary/aromatic N) is 3. The number of aliphatic hydroxyl groups excluding tert-OH is 1. The summed E-state index contributed by atoms with van der Waals surface area (Å²) in [4.78, 5) is 4.28. The Morgan fingerprint density at radius 3 is 2.76 bits per heavy atom. The van der Waals surface area contributed by atoms with Crippen LogP contribution in [0.5, 0.6) is 0 Å². The molecule has 114 valence electrons. The van der Waals surface area contributed by atoms with Crippen LogP contribution >= 0.6 is 0 Å². The van der Waals surface area contributed by atoms with Gasteiger partial charge in [-0.2, -0.15) is 5.10 Å². The molecule has 1 N–H and O–H groups in total. The SMILES string of the molecule is CC(C)Cn1ncnc1CC(CO)Cc1cccc(F)c1. The lowest BCUT2D eigenvalue weighted by Gasteiger charge is -2.15. The van der Waals surface area contributed by atoms with Crippen LogP contribution in [0, 0.1) is 17.7 Å². The van der Waals surface area contributed by atoms with Crippen molar-refractivity contribution in [1.82, 2.24) is 14.8 Å². The predicted octanol–water partition coefficient (Wildman–Crippen LogP) is 2.47. The fourth-order valence-electron chi connectivity index (χ4n) is 2.40. The van der Waals surface area contributed by atoms with Gasteiger partial charge in [-0.25, -0.2) is 14.1 Å². The van der Waals surface area contributed by atoms with Gasteiger partial charge in [0.15, 0.2) is 0 Å². The van der Waals surface area contributed by atoms with Gasteiger partial charge in [0.25, 0.3) is 0 Å². The number of aliphatic hydroxyl groups is 1. The molecule has 2 rings (SSSR count). The van der Waals surface area contributed by atoms with Gasteiger partial charge in [0.05, 0.1) is 0 Å². The van der Waals surface area contributed by atoms with Crippen LogP contribution in [-0.2, 0) is 19.4 Å². The number of halogens is 1. The van der Waals surface area contributed by atoms with Crippen LogP contribution in [0.3, 0.4) is 0 Å². The fraction of sp³-hybridized carbons (Fsp3) is 0.500. The van der Waals surface area contributed by atoms with Crippen molar-refractivity contribution in [2.75, 3.05) is 6.61 Å². The topological polar surface area (TPSA) is 50.9 Å². The van der Waals surface area contributed by atoms with Gasteiger partial charge in [0.2, 0.25) is 0 Å². The maximum atomic E-state index is 13.2. The van der Waals surface area contributed by atoms with E-state index in [4.69, 9.17) is 0 Å². The Bertz CT molecular complexity index is 568. The quantitative estimate of drug-likeness (QED) is 0.852. The lowest BCUT2D eigenvalue weighted by Crippen LogP contribution is -2.18. The number of hydrogen-bond acceptors (Lipinski definition) is 3. The van der Waals surface area contributed by atoms with Gasteiger partial charge in [-0.15, -0.1) is 0 Å². The number of benzene rings is 1. The van der Waals surface area contributed by atoms with E-state index in [-0.39, 0.29) is 18.3 Å². The average Bonchev–Trinajstić information content (AvgIpc) is 2.84. The Hall–Kier alpha value is -1.75. The summed E-state index contributed by atoms with van der Waals surface area (Å²) in [7, 11) is 0. The summed E-state index contributed by atoms with van der Waals surface area (Å²) in [6.07, 6.45) is 2.82. The molecule has 0 radical (unpaired) electrons. The molecular formula is C16H22FN3O. The summed E-state index contributed by atoms with van der Waals surface area (Å²) in [6.45, 7) is 5.11. The van der Waals surface area contributed by atoms with Gasteiger partial charge >= 0.3 is 0 Å². The zero-order chi connectivity index (χ0) is 15.2. The summed E-state index contributed by atoms with van der Waals surface area (Å²) in [5.41, 5.74) is 0.893. The lowest BCUT2D eigenvalue weighted by molar-refractivity contribution is 0.221. The van der Waals surface area contributed by atoms with E-state index < -0.39 is 0 Å². The summed E-state index contributed by atoms with van der Waals surface area (Å²) in [6, 6.07) is 6.52. The molecule has 21 heavy (non-hydrogen) atoms. The van der Waals surface area contributed by atoms with Crippen molar-refractivity contribution < 1.29 is 9.50 Å². The van der Waals surface area contributed by atoms with E-state index in [1.165, 1.54) is 12.1 Å². The maximum Gasteiger partial charge on any atom is 0.138 e. The van der Waals surface area contributed by atoms with Crippen molar-refractivity contribution in [2.45, 2.75) is 33.2 Å². The number of aromatic nitrogens is 3. The van der Waals surface area contributed by atoms with Crippen molar-refractivity contribution in [3.05, 3.63) is 47.8 Å². The van der Waals surface area contributed by atoms with Crippen LogP contribution in [0.4, 0.5) is 4.39 Å². The highest BCUT2D eigenvalue weighted by Crippen LogP contribution is 2.15. The Morgan fingerprint density at radius 2 is 2.10 bits per heavy atom. The van der Waals surface area contributed by atoms with E-state index in [1.54, 1.807) is 12.4 Å². The third-order valence-electron chi connectivity index (χ3n) is 3.38. The van der Waals surface area contributed by atoms with Gasteiger partial charge in [-0.3, -0.25) is 0 Å². The molecule has 0 fully saturated rings. The highest BCUT2D eigenvalue weighted by molar-refractivity contribution is 5.17. The highest BCUT2D eigenvalue weighted by Gasteiger charge is 2.15. The first-order chi connectivity index (χ1) is 10.1. The van der Waals surface area contributed by atoms with Gasteiger partial charge in [0.1, 0.15) is 18.0 Å². The zero-order valence-electron chi connectivity index (χ0n) is 12.5. The minimum atomic E-state index is -0.243. The Kier molecular flexibility index (Phi) is 5.44. The van der Waals surface area contributed by atoms with E-state index in [0.717, 1.165) is 17.9 Å². The largest absolute Gasteiger partial charge is 0.396 e. The molecule has 0 aliphatic heterocycles. The standard InChI is InChI=1S/C16H22FN3O/c1-12(2)9-20-16(18-11-19-20)8-14(10-21)6-13-4-3-5-15(17)7-13/h3-5,7,11-12,14,21H,6,8-10H2,1-2H3. The summed E-state index contributed by atoms with van der Waals surface area (Å²) >= 11 is 0. The Morgan fingerprint density at radius 1 is 1.29 bits per heavy atom. The maximum absolute atomic E-state index is 13.2. The summed E-state index contributed by atoms with van der Waals surface area (Å²) < 4.78 is 15.1. The molecule has 2 aromatic rings. The van der Waals surface area contributed by atoms with Gasteiger partial charge in [-0.1, -0.05) is 26.0 Å². The molecular weight excluding hydrogens is 269 g/mol. The Balaban J connectivity index is 2.04. The van der Waals surface area contributed by atoms with E-state index in [2.05, 4.69) is 23.9 Å². The summed E-state index contributed by atoms with van der Waals surface area (Å²) in [5, 5.41) is 13.8. The van der Waals surface area contributed by atoms with Crippen molar-refractivity contribution >= 4 is 0 Å². The van der Waals surface area contributed by atoms with Crippen LogP contribution in [0.2, 0.25) is 0 Å². The third-order valence-corrected chi connectivity index (χ3v) is 3.38. The van der Waals surface area contributed by atoms with Crippen LogP contribution in [0.15, 0.2) is 30.6 Å². The molecule has 0 amide bonds. The molecule has 5 heteroatoms. The van der Waals surface area contributed by atoms with Crippen LogP contribution in [0.1, 0.15) is 25.2 Å². The predicted molar refractivity (Wildman–Crippen MR) is 79.2 cm³/mol. The van der Waals surface area contributed by atoms with Crippen molar-refractivity contribution in [3.8, 4) is 0 Å². The zero-order valence-corrected chi connectivity index (χ0v) is 12.5. The first-order valence-electron chi connectivity index (χ1n) is 7.30. The first-order valence-corrected chi connectivity index (χ1v) is 7.30.